The van der Waals surface area contributed by atoms with Gasteiger partial charge in [-0.2, -0.15) is 5.10 Å². The van der Waals surface area contributed by atoms with Gasteiger partial charge in [-0.1, -0.05) is 41.6 Å². The van der Waals surface area contributed by atoms with Crippen LogP contribution in [0, 0.1) is 0 Å². The van der Waals surface area contributed by atoms with Crippen molar-refractivity contribution in [3.05, 3.63) is 29.0 Å². The molecule has 1 heterocycles. The van der Waals surface area contributed by atoms with E-state index in [9.17, 15) is 0 Å². The summed E-state index contributed by atoms with van der Waals surface area (Å²) in [6.45, 7) is 0. The molecular weight excluding hydrogens is 252 g/mol. The lowest BCUT2D eigenvalue weighted by molar-refractivity contribution is 1.05. The molecule has 3 N–H and O–H groups in total. The predicted octanol–water partition coefficient (Wildman–Crippen LogP) is 1.59. The standard InChI is InChI=1S/C8H9ClN4S2/c1-15-8(14)13-12-7(10)5-3-2-4-6(9)11-5/h2-4H,1H3,(H2,10,12)(H,13,14). The van der Waals surface area contributed by atoms with E-state index in [4.69, 9.17) is 29.6 Å². The molecule has 1 aromatic rings. The second kappa shape index (κ2) is 5.89. The number of nitrogens with one attached hydrogen (secondary N) is 1. The van der Waals surface area contributed by atoms with Crippen LogP contribution in [0.25, 0.3) is 0 Å². The Labute approximate surface area is 102 Å². The van der Waals surface area contributed by atoms with Crippen LogP contribution >= 0.6 is 35.6 Å². The second-order valence-electron chi connectivity index (χ2n) is 2.45. The minimum Gasteiger partial charge on any atom is -0.380 e. The number of halogens is 1. The Bertz CT molecular complexity index is 394. The minimum atomic E-state index is 0.244. The predicted molar refractivity (Wildman–Crippen MR) is 69.2 cm³/mol. The highest BCUT2D eigenvalue weighted by atomic mass is 35.5. The third-order valence-electron chi connectivity index (χ3n) is 1.43. The maximum Gasteiger partial charge on any atom is 0.169 e. The third-order valence-corrected chi connectivity index (χ3v) is 2.69. The van der Waals surface area contributed by atoms with Crippen molar-refractivity contribution >= 4 is 45.7 Å². The number of amidine groups is 1. The first-order chi connectivity index (χ1) is 7.13. The Morgan fingerprint density at radius 3 is 3.00 bits per heavy atom. The van der Waals surface area contributed by atoms with Crippen molar-refractivity contribution in [3.63, 3.8) is 0 Å². The molecule has 0 saturated heterocycles. The Kier molecular flexibility index (Phi) is 4.80. The fourth-order valence-corrected chi connectivity index (χ4v) is 1.11. The Balaban J connectivity index is 2.75. The first-order valence-electron chi connectivity index (χ1n) is 3.93. The Hall–Kier alpha value is -0.850. The second-order valence-corrected chi connectivity index (χ2v) is 4.32. The van der Waals surface area contributed by atoms with Crippen molar-refractivity contribution in [2.45, 2.75) is 0 Å². The molecule has 1 rings (SSSR count). The van der Waals surface area contributed by atoms with Crippen molar-refractivity contribution in [2.75, 3.05) is 6.26 Å². The number of hydrogen-bond donors (Lipinski definition) is 2. The lowest BCUT2D eigenvalue weighted by Gasteiger charge is -2.01. The molecule has 0 unspecified atom stereocenters. The quantitative estimate of drug-likeness (QED) is 0.278. The van der Waals surface area contributed by atoms with E-state index < -0.39 is 0 Å². The van der Waals surface area contributed by atoms with Crippen LogP contribution in [-0.4, -0.2) is 21.4 Å². The van der Waals surface area contributed by atoms with E-state index in [1.807, 2.05) is 6.26 Å². The number of thiocarbonyl (C=S) groups is 1. The van der Waals surface area contributed by atoms with Crippen molar-refractivity contribution in [3.8, 4) is 0 Å². The normalized spacial score (nSPS) is 11.2. The maximum absolute atomic E-state index is 5.71. The summed E-state index contributed by atoms with van der Waals surface area (Å²) in [5, 5.41) is 4.24. The highest BCUT2D eigenvalue weighted by molar-refractivity contribution is 8.22. The van der Waals surface area contributed by atoms with Crippen molar-refractivity contribution < 1.29 is 0 Å². The summed E-state index contributed by atoms with van der Waals surface area (Å²) in [7, 11) is 0. The number of thioether (sulfide) groups is 1. The molecule has 0 spiro atoms. The molecule has 0 aliphatic carbocycles. The zero-order valence-corrected chi connectivity index (χ0v) is 10.3. The van der Waals surface area contributed by atoms with Gasteiger partial charge in [0, 0.05) is 0 Å². The topological polar surface area (TPSA) is 63.3 Å². The number of pyridine rings is 1. The minimum absolute atomic E-state index is 0.244. The van der Waals surface area contributed by atoms with Gasteiger partial charge in [0.05, 0.1) is 0 Å². The number of hydrazone groups is 1. The summed E-state index contributed by atoms with van der Waals surface area (Å²) in [6, 6.07) is 5.13. The molecule has 4 nitrogen and oxygen atoms in total. The molecule has 1 aromatic heterocycles. The number of nitrogens with zero attached hydrogens (tertiary/aromatic N) is 2. The Morgan fingerprint density at radius 2 is 2.40 bits per heavy atom. The van der Waals surface area contributed by atoms with Crippen molar-refractivity contribution in [1.29, 1.82) is 0 Å². The molecule has 0 atom stereocenters. The molecule has 0 saturated carbocycles. The lowest BCUT2D eigenvalue weighted by Crippen LogP contribution is -2.21. The molecule has 0 aromatic carbocycles. The van der Waals surface area contributed by atoms with Crippen LogP contribution in [-0.2, 0) is 0 Å². The largest absolute Gasteiger partial charge is 0.380 e. The molecule has 7 heteroatoms. The monoisotopic (exact) mass is 260 g/mol. The van der Waals surface area contributed by atoms with Crippen LogP contribution in [0.4, 0.5) is 0 Å². The van der Waals surface area contributed by atoms with Crippen LogP contribution in [0.5, 0.6) is 0 Å². The van der Waals surface area contributed by atoms with E-state index in [1.54, 1.807) is 18.2 Å². The van der Waals surface area contributed by atoms with Gasteiger partial charge < -0.3 is 5.73 Å². The van der Waals surface area contributed by atoms with Gasteiger partial charge in [0.2, 0.25) is 0 Å². The number of nitrogens with two attached hydrogens (primary N) is 1. The molecule has 80 valence electrons. The fraction of sp³-hybridized carbons (Fsp3) is 0.125. The summed E-state index contributed by atoms with van der Waals surface area (Å²) in [5.74, 6) is 0.244. The molecule has 0 radical (unpaired) electrons. The first kappa shape index (κ1) is 12.2. The first-order valence-corrected chi connectivity index (χ1v) is 5.94. The van der Waals surface area contributed by atoms with Crippen molar-refractivity contribution in [2.24, 2.45) is 10.8 Å². The highest BCUT2D eigenvalue weighted by Gasteiger charge is 2.00. The SMILES string of the molecule is CSC(=S)N/N=C(\N)c1cccc(Cl)n1. The van der Waals surface area contributed by atoms with Gasteiger partial charge in [-0.05, 0) is 18.4 Å². The number of aromatic nitrogens is 1. The average Bonchev–Trinajstić information content (AvgIpc) is 2.25. The molecular formula is C8H9ClN4S2. The average molecular weight is 261 g/mol. The summed E-state index contributed by atoms with van der Waals surface area (Å²) >= 11 is 12.0. The van der Waals surface area contributed by atoms with Crippen molar-refractivity contribution in [1.82, 2.24) is 10.4 Å². The van der Waals surface area contributed by atoms with Gasteiger partial charge >= 0.3 is 0 Å². The van der Waals surface area contributed by atoms with Gasteiger partial charge in [0.15, 0.2) is 10.2 Å². The third kappa shape index (κ3) is 4.03. The Morgan fingerprint density at radius 1 is 1.67 bits per heavy atom. The number of rotatable bonds is 2. The van der Waals surface area contributed by atoms with E-state index >= 15 is 0 Å². The van der Waals surface area contributed by atoms with E-state index in [2.05, 4.69) is 15.5 Å². The summed E-state index contributed by atoms with van der Waals surface area (Å²) in [4.78, 5) is 4.00. The van der Waals surface area contributed by atoms with E-state index in [0.717, 1.165) is 0 Å². The molecule has 0 bridgehead atoms. The fourth-order valence-electron chi connectivity index (χ4n) is 0.760. The molecule has 15 heavy (non-hydrogen) atoms. The molecule has 0 amide bonds. The molecule has 0 aliphatic rings. The van der Waals surface area contributed by atoms with E-state index in [1.165, 1.54) is 11.8 Å². The van der Waals surface area contributed by atoms with Gasteiger partial charge in [-0.25, -0.2) is 4.98 Å². The zero-order chi connectivity index (χ0) is 11.3. The highest BCUT2D eigenvalue weighted by Crippen LogP contribution is 2.04. The zero-order valence-electron chi connectivity index (χ0n) is 7.90. The lowest BCUT2D eigenvalue weighted by atomic mass is 10.3. The van der Waals surface area contributed by atoms with Gasteiger partial charge in [-0.15, -0.1) is 0 Å². The van der Waals surface area contributed by atoms with Crippen LogP contribution in [0.2, 0.25) is 5.15 Å². The van der Waals surface area contributed by atoms with Crippen LogP contribution < -0.4 is 11.2 Å². The van der Waals surface area contributed by atoms with Crippen LogP contribution in [0.3, 0.4) is 0 Å². The van der Waals surface area contributed by atoms with Gasteiger partial charge in [0.1, 0.15) is 10.8 Å². The summed E-state index contributed by atoms with van der Waals surface area (Å²) in [5.41, 5.74) is 8.80. The van der Waals surface area contributed by atoms with Crippen LogP contribution in [0.15, 0.2) is 23.3 Å². The molecule has 0 fully saturated rings. The van der Waals surface area contributed by atoms with E-state index in [0.29, 0.717) is 15.2 Å². The van der Waals surface area contributed by atoms with E-state index in [-0.39, 0.29) is 5.84 Å². The summed E-state index contributed by atoms with van der Waals surface area (Å²) < 4.78 is 0.542. The summed E-state index contributed by atoms with van der Waals surface area (Å²) in [6.07, 6.45) is 1.85. The van der Waals surface area contributed by atoms with Gasteiger partial charge in [0.25, 0.3) is 0 Å². The van der Waals surface area contributed by atoms with Crippen LogP contribution in [0.1, 0.15) is 5.69 Å². The van der Waals surface area contributed by atoms with Gasteiger partial charge in [-0.3, -0.25) is 5.43 Å². The number of hydrogen-bond acceptors (Lipinski definition) is 4. The maximum atomic E-state index is 5.71. The smallest absolute Gasteiger partial charge is 0.169 e. The molecule has 0 aliphatic heterocycles.